The minimum Gasteiger partial charge on any atom is -0.323 e. The van der Waals surface area contributed by atoms with Gasteiger partial charge in [0.2, 0.25) is 0 Å². The number of nitrogens with two attached hydrogens (primary N) is 1. The Morgan fingerprint density at radius 1 is 1.62 bits per heavy atom. The molecule has 13 heavy (non-hydrogen) atoms. The van der Waals surface area contributed by atoms with E-state index in [4.69, 9.17) is 5.73 Å². The van der Waals surface area contributed by atoms with E-state index >= 15 is 0 Å². The van der Waals surface area contributed by atoms with Gasteiger partial charge < -0.3 is 5.73 Å². The summed E-state index contributed by atoms with van der Waals surface area (Å²) < 4.78 is 48.9. The van der Waals surface area contributed by atoms with Crippen LogP contribution in [0.15, 0.2) is 12.2 Å². The normalized spacial score (nSPS) is 35.7. The third kappa shape index (κ3) is 1.70. The molecule has 1 saturated carbocycles. The molecular weight excluding hydrogens is 186 g/mol. The molecular formula is C8H11F4N. The molecule has 0 aromatic heterocycles. The van der Waals surface area contributed by atoms with Crippen molar-refractivity contribution in [2.24, 2.45) is 11.1 Å². The number of rotatable bonds is 2. The summed E-state index contributed by atoms with van der Waals surface area (Å²) in [5.41, 5.74) is 3.16. The van der Waals surface area contributed by atoms with Gasteiger partial charge in [-0.2, -0.15) is 13.2 Å². The summed E-state index contributed by atoms with van der Waals surface area (Å²) >= 11 is 0. The van der Waals surface area contributed by atoms with E-state index in [1.54, 1.807) is 0 Å². The van der Waals surface area contributed by atoms with Crippen molar-refractivity contribution in [3.8, 4) is 0 Å². The number of hydrogen-bond donors (Lipinski definition) is 1. The SMILES string of the molecule is C=C(C(N)C1(C)CC1F)C(F)(F)F. The Hall–Kier alpha value is -0.580. The van der Waals surface area contributed by atoms with Gasteiger partial charge in [0.1, 0.15) is 6.17 Å². The average molecular weight is 197 g/mol. The van der Waals surface area contributed by atoms with Crippen LogP contribution in [0.4, 0.5) is 17.6 Å². The molecule has 0 aliphatic heterocycles. The lowest BCUT2D eigenvalue weighted by Crippen LogP contribution is -2.38. The Balaban J connectivity index is 2.70. The molecule has 0 amide bonds. The van der Waals surface area contributed by atoms with Gasteiger partial charge in [0.25, 0.3) is 0 Å². The number of halogens is 4. The quantitative estimate of drug-likeness (QED) is 0.533. The van der Waals surface area contributed by atoms with Gasteiger partial charge in [-0.25, -0.2) is 4.39 Å². The summed E-state index contributed by atoms with van der Waals surface area (Å²) in [6.45, 7) is 4.25. The number of hydrogen-bond acceptors (Lipinski definition) is 1. The van der Waals surface area contributed by atoms with E-state index in [1.807, 2.05) is 0 Å². The van der Waals surface area contributed by atoms with Crippen LogP contribution in [-0.4, -0.2) is 18.4 Å². The van der Waals surface area contributed by atoms with Crippen LogP contribution in [-0.2, 0) is 0 Å². The Morgan fingerprint density at radius 3 is 2.23 bits per heavy atom. The fraction of sp³-hybridized carbons (Fsp3) is 0.750. The highest BCUT2D eigenvalue weighted by molar-refractivity contribution is 5.22. The minimum atomic E-state index is -4.52. The molecule has 1 rings (SSSR count). The van der Waals surface area contributed by atoms with Crippen LogP contribution < -0.4 is 5.73 Å². The van der Waals surface area contributed by atoms with Crippen molar-refractivity contribution >= 4 is 0 Å². The van der Waals surface area contributed by atoms with Crippen LogP contribution in [0, 0.1) is 5.41 Å². The van der Waals surface area contributed by atoms with Crippen molar-refractivity contribution < 1.29 is 17.6 Å². The van der Waals surface area contributed by atoms with Crippen LogP contribution >= 0.6 is 0 Å². The van der Waals surface area contributed by atoms with Crippen molar-refractivity contribution in [2.75, 3.05) is 0 Å². The molecule has 3 unspecified atom stereocenters. The van der Waals surface area contributed by atoms with Gasteiger partial charge in [0.15, 0.2) is 0 Å². The van der Waals surface area contributed by atoms with Crippen molar-refractivity contribution in [3.63, 3.8) is 0 Å². The fourth-order valence-corrected chi connectivity index (χ4v) is 1.22. The molecule has 0 aromatic rings. The third-order valence-corrected chi connectivity index (χ3v) is 2.62. The molecule has 0 heterocycles. The van der Waals surface area contributed by atoms with E-state index in [0.29, 0.717) is 0 Å². The largest absolute Gasteiger partial charge is 0.413 e. The topological polar surface area (TPSA) is 26.0 Å². The van der Waals surface area contributed by atoms with Gasteiger partial charge in [-0.1, -0.05) is 13.5 Å². The first kappa shape index (κ1) is 10.5. The molecule has 0 saturated heterocycles. The molecule has 5 heteroatoms. The highest BCUT2D eigenvalue weighted by atomic mass is 19.4. The molecule has 0 spiro atoms. The molecule has 0 bridgehead atoms. The average Bonchev–Trinajstić information content (AvgIpc) is 2.56. The van der Waals surface area contributed by atoms with Gasteiger partial charge in [0.05, 0.1) is 0 Å². The smallest absolute Gasteiger partial charge is 0.323 e. The van der Waals surface area contributed by atoms with Gasteiger partial charge in [0, 0.05) is 17.0 Å². The molecule has 1 aliphatic carbocycles. The first-order chi connectivity index (χ1) is 5.69. The summed E-state index contributed by atoms with van der Waals surface area (Å²) in [7, 11) is 0. The predicted octanol–water partition coefficient (Wildman–Crippen LogP) is 2.18. The highest BCUT2D eigenvalue weighted by Gasteiger charge is 2.58. The van der Waals surface area contributed by atoms with Gasteiger partial charge in [-0.3, -0.25) is 0 Å². The summed E-state index contributed by atoms with van der Waals surface area (Å²) in [5.74, 6) is 0. The molecule has 76 valence electrons. The lowest BCUT2D eigenvalue weighted by atomic mass is 9.93. The van der Waals surface area contributed by atoms with E-state index in [1.165, 1.54) is 6.92 Å². The van der Waals surface area contributed by atoms with Crippen LogP contribution in [0.3, 0.4) is 0 Å². The zero-order valence-corrected chi connectivity index (χ0v) is 7.16. The Kier molecular flexibility index (Phi) is 2.18. The Bertz CT molecular complexity index is 235. The fourth-order valence-electron chi connectivity index (χ4n) is 1.22. The van der Waals surface area contributed by atoms with E-state index < -0.39 is 29.4 Å². The second-order valence-corrected chi connectivity index (χ2v) is 3.68. The summed E-state index contributed by atoms with van der Waals surface area (Å²) in [6.07, 6.45) is -5.67. The maximum atomic E-state index is 12.7. The van der Waals surface area contributed by atoms with Gasteiger partial charge in [-0.05, 0) is 6.42 Å². The number of alkyl halides is 4. The molecule has 0 radical (unpaired) electrons. The molecule has 2 N–H and O–H groups in total. The van der Waals surface area contributed by atoms with Crippen LogP contribution in [0.1, 0.15) is 13.3 Å². The van der Waals surface area contributed by atoms with Crippen molar-refractivity contribution in [2.45, 2.75) is 31.7 Å². The molecule has 1 aliphatic rings. The zero-order chi connectivity index (χ0) is 10.4. The van der Waals surface area contributed by atoms with Crippen LogP contribution in [0.5, 0.6) is 0 Å². The lowest BCUT2D eigenvalue weighted by molar-refractivity contribution is -0.0973. The highest BCUT2D eigenvalue weighted by Crippen LogP contribution is 2.53. The van der Waals surface area contributed by atoms with Gasteiger partial charge in [-0.15, -0.1) is 0 Å². The van der Waals surface area contributed by atoms with Crippen molar-refractivity contribution in [1.82, 2.24) is 0 Å². The molecule has 3 atom stereocenters. The molecule has 1 fully saturated rings. The van der Waals surface area contributed by atoms with E-state index in [-0.39, 0.29) is 6.42 Å². The maximum Gasteiger partial charge on any atom is 0.413 e. The Labute approximate surface area is 73.6 Å². The van der Waals surface area contributed by atoms with Crippen molar-refractivity contribution in [3.05, 3.63) is 12.2 Å². The Morgan fingerprint density at radius 2 is 2.00 bits per heavy atom. The van der Waals surface area contributed by atoms with E-state index in [9.17, 15) is 17.6 Å². The maximum absolute atomic E-state index is 12.7. The van der Waals surface area contributed by atoms with Gasteiger partial charge >= 0.3 is 6.18 Å². The predicted molar refractivity (Wildman–Crippen MR) is 40.8 cm³/mol. The van der Waals surface area contributed by atoms with E-state index in [0.717, 1.165) is 0 Å². The second kappa shape index (κ2) is 2.70. The first-order valence-electron chi connectivity index (χ1n) is 3.85. The summed E-state index contributed by atoms with van der Waals surface area (Å²) in [4.78, 5) is 0. The third-order valence-electron chi connectivity index (χ3n) is 2.62. The lowest BCUT2D eigenvalue weighted by Gasteiger charge is -2.22. The second-order valence-electron chi connectivity index (χ2n) is 3.68. The summed E-state index contributed by atoms with van der Waals surface area (Å²) in [5, 5.41) is 0. The monoisotopic (exact) mass is 197 g/mol. The minimum absolute atomic E-state index is 0.0866. The van der Waals surface area contributed by atoms with Crippen LogP contribution in [0.25, 0.3) is 0 Å². The zero-order valence-electron chi connectivity index (χ0n) is 7.16. The summed E-state index contributed by atoms with van der Waals surface area (Å²) in [6, 6.07) is -1.33. The standard InChI is InChI=1S/C8H11F4N/c1-4(8(10,11)12)6(13)7(2)3-5(7)9/h5-6H,1,3,13H2,2H3. The molecule has 0 aromatic carbocycles. The van der Waals surface area contributed by atoms with Crippen LogP contribution in [0.2, 0.25) is 0 Å². The first-order valence-corrected chi connectivity index (χ1v) is 3.85. The molecule has 1 nitrogen and oxygen atoms in total. The van der Waals surface area contributed by atoms with Crippen molar-refractivity contribution in [1.29, 1.82) is 0 Å². The van der Waals surface area contributed by atoms with E-state index in [2.05, 4.69) is 6.58 Å².